The lowest BCUT2D eigenvalue weighted by Gasteiger charge is -2.35. The number of hydrogen-bond acceptors (Lipinski definition) is 4. The Morgan fingerprint density at radius 3 is 2.73 bits per heavy atom. The Balaban J connectivity index is 1.99. The molecule has 1 heterocycles. The molecule has 0 saturated heterocycles. The maximum atomic E-state index is 5.63. The van der Waals surface area contributed by atoms with Gasteiger partial charge in [0.15, 0.2) is 5.13 Å². The maximum Gasteiger partial charge on any atom is 0.180 e. The van der Waals surface area contributed by atoms with Crippen LogP contribution in [-0.2, 0) is 6.54 Å². The van der Waals surface area contributed by atoms with E-state index in [0.29, 0.717) is 10.7 Å². The molecule has 0 amide bonds. The highest BCUT2D eigenvalue weighted by Gasteiger charge is 2.32. The van der Waals surface area contributed by atoms with E-state index in [1.54, 1.807) is 11.3 Å². The van der Waals surface area contributed by atoms with Gasteiger partial charge < -0.3 is 5.73 Å². The van der Waals surface area contributed by atoms with E-state index < -0.39 is 0 Å². The smallest absolute Gasteiger partial charge is 0.180 e. The molecule has 15 heavy (non-hydrogen) atoms. The van der Waals surface area contributed by atoms with Gasteiger partial charge in [0.1, 0.15) is 0 Å². The average molecular weight is 225 g/mol. The number of nitrogens with zero attached hydrogens (tertiary/aromatic N) is 2. The minimum absolute atomic E-state index is 0.388. The van der Waals surface area contributed by atoms with Gasteiger partial charge >= 0.3 is 0 Å². The first-order valence-corrected chi connectivity index (χ1v) is 6.33. The molecule has 4 heteroatoms. The predicted molar refractivity (Wildman–Crippen MR) is 64.9 cm³/mol. The van der Waals surface area contributed by atoms with E-state index in [4.69, 9.17) is 5.73 Å². The van der Waals surface area contributed by atoms with Crippen molar-refractivity contribution >= 4 is 16.5 Å². The SMILES string of the molecule is CN(Cc1cnc(N)s1)C1(C)CCCC1. The van der Waals surface area contributed by atoms with Crippen molar-refractivity contribution in [2.75, 3.05) is 12.8 Å². The third-order valence-corrected chi connectivity index (χ3v) is 4.38. The van der Waals surface area contributed by atoms with Crippen LogP contribution in [0.4, 0.5) is 5.13 Å². The van der Waals surface area contributed by atoms with Gasteiger partial charge in [-0.1, -0.05) is 12.8 Å². The van der Waals surface area contributed by atoms with Crippen LogP contribution in [0.2, 0.25) is 0 Å². The van der Waals surface area contributed by atoms with Gasteiger partial charge in [-0.05, 0) is 26.8 Å². The standard InChI is InChI=1S/C11H19N3S/c1-11(5-3-4-6-11)14(2)8-9-7-13-10(12)15-9/h7H,3-6,8H2,1-2H3,(H2,12,13). The van der Waals surface area contributed by atoms with Gasteiger partial charge in [0.2, 0.25) is 0 Å². The molecule has 0 aliphatic heterocycles. The van der Waals surface area contributed by atoms with Crippen molar-refractivity contribution in [2.45, 2.75) is 44.7 Å². The fourth-order valence-corrected chi connectivity index (χ4v) is 3.08. The quantitative estimate of drug-likeness (QED) is 0.859. The summed E-state index contributed by atoms with van der Waals surface area (Å²) in [6.45, 7) is 3.34. The fraction of sp³-hybridized carbons (Fsp3) is 0.727. The lowest BCUT2D eigenvalue weighted by atomic mass is 9.99. The van der Waals surface area contributed by atoms with Crippen molar-refractivity contribution in [1.29, 1.82) is 0 Å². The van der Waals surface area contributed by atoms with Crippen molar-refractivity contribution in [3.05, 3.63) is 11.1 Å². The van der Waals surface area contributed by atoms with E-state index in [-0.39, 0.29) is 0 Å². The lowest BCUT2D eigenvalue weighted by molar-refractivity contribution is 0.136. The third kappa shape index (κ3) is 2.32. The molecule has 0 radical (unpaired) electrons. The second-order valence-corrected chi connectivity index (χ2v) is 5.87. The van der Waals surface area contributed by atoms with Crippen molar-refractivity contribution in [3.8, 4) is 0 Å². The summed E-state index contributed by atoms with van der Waals surface area (Å²) in [5.74, 6) is 0. The maximum absolute atomic E-state index is 5.63. The van der Waals surface area contributed by atoms with Crippen LogP contribution in [-0.4, -0.2) is 22.5 Å². The first-order valence-electron chi connectivity index (χ1n) is 5.52. The van der Waals surface area contributed by atoms with Crippen LogP contribution in [0, 0.1) is 0 Å². The molecular weight excluding hydrogens is 206 g/mol. The Hall–Kier alpha value is -0.610. The van der Waals surface area contributed by atoms with Gasteiger partial charge in [0.05, 0.1) is 0 Å². The number of hydrogen-bond donors (Lipinski definition) is 1. The van der Waals surface area contributed by atoms with Crippen molar-refractivity contribution in [2.24, 2.45) is 0 Å². The third-order valence-electron chi connectivity index (χ3n) is 3.57. The summed E-state index contributed by atoms with van der Waals surface area (Å²) in [5, 5.41) is 0.676. The molecule has 0 atom stereocenters. The summed E-state index contributed by atoms with van der Waals surface area (Å²) in [7, 11) is 2.21. The normalized spacial score (nSPS) is 19.9. The highest BCUT2D eigenvalue weighted by atomic mass is 32.1. The molecule has 1 aliphatic carbocycles. The molecule has 0 spiro atoms. The van der Waals surface area contributed by atoms with Crippen molar-refractivity contribution in [3.63, 3.8) is 0 Å². The van der Waals surface area contributed by atoms with Crippen molar-refractivity contribution in [1.82, 2.24) is 9.88 Å². The average Bonchev–Trinajstić information content (AvgIpc) is 2.76. The molecule has 0 unspecified atom stereocenters. The van der Waals surface area contributed by atoms with Crippen LogP contribution in [0.1, 0.15) is 37.5 Å². The first kappa shape index (κ1) is 10.9. The minimum Gasteiger partial charge on any atom is -0.375 e. The summed E-state index contributed by atoms with van der Waals surface area (Å²) in [4.78, 5) is 7.81. The zero-order valence-corrected chi connectivity index (χ0v) is 10.3. The Morgan fingerprint density at radius 2 is 2.20 bits per heavy atom. The molecule has 1 saturated carbocycles. The molecule has 3 nitrogen and oxygen atoms in total. The van der Waals surface area contributed by atoms with Gasteiger partial charge in [0.25, 0.3) is 0 Å². The van der Waals surface area contributed by atoms with Crippen LogP contribution in [0.15, 0.2) is 6.20 Å². The van der Waals surface area contributed by atoms with E-state index in [9.17, 15) is 0 Å². The Labute approximate surface area is 95.3 Å². The topological polar surface area (TPSA) is 42.2 Å². The van der Waals surface area contributed by atoms with Gasteiger partial charge in [-0.15, -0.1) is 11.3 Å². The van der Waals surface area contributed by atoms with E-state index >= 15 is 0 Å². The zero-order valence-electron chi connectivity index (χ0n) is 9.49. The van der Waals surface area contributed by atoms with Crippen LogP contribution >= 0.6 is 11.3 Å². The van der Waals surface area contributed by atoms with Gasteiger partial charge in [-0.25, -0.2) is 4.98 Å². The Kier molecular flexibility index (Phi) is 2.98. The zero-order chi connectivity index (χ0) is 10.9. The number of nitrogens with two attached hydrogens (primary N) is 1. The van der Waals surface area contributed by atoms with E-state index in [0.717, 1.165) is 6.54 Å². The van der Waals surface area contributed by atoms with Crippen LogP contribution in [0.5, 0.6) is 0 Å². The Morgan fingerprint density at radius 1 is 1.53 bits per heavy atom. The molecule has 84 valence electrons. The molecule has 0 aromatic carbocycles. The number of thiazole rings is 1. The van der Waals surface area contributed by atoms with E-state index in [1.165, 1.54) is 30.6 Å². The van der Waals surface area contributed by atoms with Gasteiger partial charge in [0, 0.05) is 23.2 Å². The van der Waals surface area contributed by atoms with Gasteiger partial charge in [-0.3, -0.25) is 4.90 Å². The number of rotatable bonds is 3. The number of aromatic nitrogens is 1. The van der Waals surface area contributed by atoms with E-state index in [1.807, 2.05) is 6.20 Å². The van der Waals surface area contributed by atoms with Crippen LogP contribution in [0.3, 0.4) is 0 Å². The highest BCUT2D eigenvalue weighted by molar-refractivity contribution is 7.15. The van der Waals surface area contributed by atoms with Gasteiger partial charge in [-0.2, -0.15) is 0 Å². The molecule has 1 aliphatic rings. The van der Waals surface area contributed by atoms with Crippen LogP contribution < -0.4 is 5.73 Å². The number of nitrogen functional groups attached to an aromatic ring is 1. The summed E-state index contributed by atoms with van der Waals surface area (Å²) in [6.07, 6.45) is 7.27. The highest BCUT2D eigenvalue weighted by Crippen LogP contribution is 2.35. The monoisotopic (exact) mass is 225 g/mol. The summed E-state index contributed by atoms with van der Waals surface area (Å²) >= 11 is 1.60. The number of anilines is 1. The molecule has 2 N–H and O–H groups in total. The summed E-state index contributed by atoms with van der Waals surface area (Å²) in [5.41, 5.74) is 6.02. The second kappa shape index (κ2) is 4.10. The Bertz CT molecular complexity index is 328. The van der Waals surface area contributed by atoms with Crippen molar-refractivity contribution < 1.29 is 0 Å². The predicted octanol–water partition coefficient (Wildman–Crippen LogP) is 2.49. The largest absolute Gasteiger partial charge is 0.375 e. The molecule has 1 aromatic rings. The lowest BCUT2D eigenvalue weighted by Crippen LogP contribution is -2.40. The fourth-order valence-electron chi connectivity index (χ4n) is 2.34. The molecular formula is C11H19N3S. The summed E-state index contributed by atoms with van der Waals surface area (Å²) < 4.78 is 0. The minimum atomic E-state index is 0.388. The summed E-state index contributed by atoms with van der Waals surface area (Å²) in [6, 6.07) is 0. The molecule has 1 fully saturated rings. The molecule has 0 bridgehead atoms. The van der Waals surface area contributed by atoms with E-state index in [2.05, 4.69) is 23.9 Å². The van der Waals surface area contributed by atoms with Crippen LogP contribution in [0.25, 0.3) is 0 Å². The first-order chi connectivity index (χ1) is 7.10. The second-order valence-electron chi connectivity index (χ2n) is 4.72. The molecule has 2 rings (SSSR count). The molecule has 1 aromatic heterocycles.